The largest absolute Gasteiger partial charge is 0.480 e. The standard InChI is InChI=1S/C16H16N2O4S/c1-10-9-23-14(17-10)11-2-4-12(5-3-11)15(19)18-6-7-22-8-13(18)16(20)21/h2-5,9,13H,6-8H2,1H3,(H,20,21). The number of morpholine rings is 1. The van der Waals surface area contributed by atoms with Crippen molar-refractivity contribution in [3.05, 3.63) is 40.9 Å². The number of aryl methyl sites for hydroxylation is 1. The minimum atomic E-state index is -1.05. The topological polar surface area (TPSA) is 79.7 Å². The molecule has 2 aromatic rings. The highest BCUT2D eigenvalue weighted by Gasteiger charge is 2.33. The van der Waals surface area contributed by atoms with Gasteiger partial charge in [-0.3, -0.25) is 4.79 Å². The molecular weight excluding hydrogens is 316 g/mol. The summed E-state index contributed by atoms with van der Waals surface area (Å²) < 4.78 is 5.16. The van der Waals surface area contributed by atoms with Crippen molar-refractivity contribution < 1.29 is 19.4 Å². The Hall–Kier alpha value is -2.25. The Morgan fingerprint density at radius 2 is 2.09 bits per heavy atom. The normalized spacial score (nSPS) is 18.0. The van der Waals surface area contributed by atoms with Crippen molar-refractivity contribution in [1.29, 1.82) is 0 Å². The molecule has 120 valence electrons. The van der Waals surface area contributed by atoms with E-state index in [0.29, 0.717) is 12.2 Å². The first-order valence-electron chi connectivity index (χ1n) is 7.20. The number of carbonyl (C=O) groups is 2. The minimum Gasteiger partial charge on any atom is -0.480 e. The van der Waals surface area contributed by atoms with E-state index in [-0.39, 0.29) is 19.1 Å². The zero-order valence-electron chi connectivity index (χ0n) is 12.6. The minimum absolute atomic E-state index is 0.0253. The molecule has 1 aliphatic rings. The summed E-state index contributed by atoms with van der Waals surface area (Å²) in [6.45, 7) is 2.59. The molecule has 0 saturated carbocycles. The Balaban J connectivity index is 1.80. The number of carboxylic acids is 1. The fraction of sp³-hybridized carbons (Fsp3) is 0.312. The maximum absolute atomic E-state index is 12.6. The highest BCUT2D eigenvalue weighted by molar-refractivity contribution is 7.13. The van der Waals surface area contributed by atoms with E-state index >= 15 is 0 Å². The van der Waals surface area contributed by atoms with Gasteiger partial charge in [-0.2, -0.15) is 0 Å². The van der Waals surface area contributed by atoms with Crippen molar-refractivity contribution in [3.8, 4) is 10.6 Å². The quantitative estimate of drug-likeness (QED) is 0.930. The van der Waals surface area contributed by atoms with Crippen LogP contribution in [0.25, 0.3) is 10.6 Å². The van der Waals surface area contributed by atoms with Crippen molar-refractivity contribution in [3.63, 3.8) is 0 Å². The van der Waals surface area contributed by atoms with Gasteiger partial charge in [0, 0.05) is 28.7 Å². The molecule has 0 radical (unpaired) electrons. The Bertz CT molecular complexity index is 726. The second-order valence-corrected chi connectivity index (χ2v) is 6.16. The van der Waals surface area contributed by atoms with Gasteiger partial charge in [0.25, 0.3) is 5.91 Å². The average Bonchev–Trinajstić information content (AvgIpc) is 3.01. The van der Waals surface area contributed by atoms with Crippen molar-refractivity contribution in [2.75, 3.05) is 19.8 Å². The van der Waals surface area contributed by atoms with Crippen LogP contribution in [0, 0.1) is 6.92 Å². The van der Waals surface area contributed by atoms with Crippen molar-refractivity contribution >= 4 is 23.2 Å². The Morgan fingerprint density at radius 3 is 2.70 bits per heavy atom. The summed E-state index contributed by atoms with van der Waals surface area (Å²) >= 11 is 1.55. The summed E-state index contributed by atoms with van der Waals surface area (Å²) in [6, 6.07) is 6.16. The second-order valence-electron chi connectivity index (χ2n) is 5.30. The van der Waals surface area contributed by atoms with Crippen LogP contribution in [0.5, 0.6) is 0 Å². The number of ether oxygens (including phenoxy) is 1. The molecular formula is C16H16N2O4S. The molecule has 3 rings (SSSR count). The Kier molecular flexibility index (Phi) is 4.40. The third-order valence-corrected chi connectivity index (χ3v) is 4.68. The molecule has 0 spiro atoms. The molecule has 1 aromatic heterocycles. The van der Waals surface area contributed by atoms with E-state index in [1.165, 1.54) is 4.90 Å². The molecule has 1 atom stereocenters. The number of rotatable bonds is 3. The molecule has 1 fully saturated rings. The van der Waals surface area contributed by atoms with E-state index in [1.54, 1.807) is 23.5 Å². The summed E-state index contributed by atoms with van der Waals surface area (Å²) in [5.41, 5.74) is 2.37. The molecule has 1 aromatic carbocycles. The molecule has 0 bridgehead atoms. The number of hydrogen-bond donors (Lipinski definition) is 1. The number of carboxylic acid groups (broad SMARTS) is 1. The van der Waals surface area contributed by atoms with Crippen LogP contribution in [-0.2, 0) is 9.53 Å². The lowest BCUT2D eigenvalue weighted by Crippen LogP contribution is -2.52. The summed E-state index contributed by atoms with van der Waals surface area (Å²) in [5.74, 6) is -1.34. The highest BCUT2D eigenvalue weighted by Crippen LogP contribution is 2.24. The fourth-order valence-corrected chi connectivity index (χ4v) is 3.26. The number of hydrogen-bond acceptors (Lipinski definition) is 5. The zero-order chi connectivity index (χ0) is 16.4. The van der Waals surface area contributed by atoms with E-state index in [2.05, 4.69) is 4.98 Å². The van der Waals surface area contributed by atoms with Crippen molar-refractivity contribution in [1.82, 2.24) is 9.88 Å². The first kappa shape index (κ1) is 15.6. The number of amides is 1. The molecule has 2 heterocycles. The predicted molar refractivity (Wildman–Crippen MR) is 85.6 cm³/mol. The first-order valence-corrected chi connectivity index (χ1v) is 8.08. The fourth-order valence-electron chi connectivity index (χ4n) is 2.46. The van der Waals surface area contributed by atoms with E-state index < -0.39 is 12.0 Å². The predicted octanol–water partition coefficient (Wildman–Crippen LogP) is 2.04. The van der Waals surface area contributed by atoms with Gasteiger partial charge in [0.05, 0.1) is 13.2 Å². The highest BCUT2D eigenvalue weighted by atomic mass is 32.1. The van der Waals surface area contributed by atoms with Crippen molar-refractivity contribution in [2.24, 2.45) is 0 Å². The number of aliphatic carboxylic acids is 1. The van der Waals surface area contributed by atoms with Crippen LogP contribution < -0.4 is 0 Å². The van der Waals surface area contributed by atoms with Crippen LogP contribution in [-0.4, -0.2) is 52.7 Å². The lowest BCUT2D eigenvalue weighted by molar-refractivity contribution is -0.147. The second kappa shape index (κ2) is 6.47. The number of aromatic nitrogens is 1. The van der Waals surface area contributed by atoms with Gasteiger partial charge in [-0.15, -0.1) is 11.3 Å². The number of nitrogens with zero attached hydrogens (tertiary/aromatic N) is 2. The molecule has 1 aliphatic heterocycles. The van der Waals surface area contributed by atoms with Gasteiger partial charge in [0.2, 0.25) is 0 Å². The van der Waals surface area contributed by atoms with Gasteiger partial charge in [0.1, 0.15) is 5.01 Å². The molecule has 1 N–H and O–H groups in total. The third kappa shape index (κ3) is 3.25. The van der Waals surface area contributed by atoms with E-state index in [4.69, 9.17) is 4.74 Å². The molecule has 1 amide bonds. The zero-order valence-corrected chi connectivity index (χ0v) is 13.4. The number of thiazole rings is 1. The van der Waals surface area contributed by atoms with Crippen LogP contribution in [0.15, 0.2) is 29.6 Å². The summed E-state index contributed by atoms with van der Waals surface area (Å²) in [7, 11) is 0. The lowest BCUT2D eigenvalue weighted by atomic mass is 10.1. The molecule has 1 unspecified atom stereocenters. The Labute approximate surface area is 137 Å². The van der Waals surface area contributed by atoms with Gasteiger partial charge in [-0.05, 0) is 19.1 Å². The third-order valence-electron chi connectivity index (χ3n) is 3.67. The van der Waals surface area contributed by atoms with Gasteiger partial charge >= 0.3 is 5.97 Å². The van der Waals surface area contributed by atoms with E-state index in [0.717, 1.165) is 16.3 Å². The molecule has 6 nitrogen and oxygen atoms in total. The van der Waals surface area contributed by atoms with E-state index in [9.17, 15) is 14.7 Å². The van der Waals surface area contributed by atoms with Gasteiger partial charge in [0.15, 0.2) is 6.04 Å². The lowest BCUT2D eigenvalue weighted by Gasteiger charge is -2.32. The monoisotopic (exact) mass is 332 g/mol. The summed E-state index contributed by atoms with van der Waals surface area (Å²) in [6.07, 6.45) is 0. The summed E-state index contributed by atoms with van der Waals surface area (Å²) in [5, 5.41) is 12.1. The van der Waals surface area contributed by atoms with Crippen LogP contribution in [0.4, 0.5) is 0 Å². The smallest absolute Gasteiger partial charge is 0.328 e. The number of carbonyl (C=O) groups excluding carboxylic acids is 1. The van der Waals surface area contributed by atoms with Crippen LogP contribution in [0.3, 0.4) is 0 Å². The summed E-state index contributed by atoms with van der Waals surface area (Å²) in [4.78, 5) is 29.6. The van der Waals surface area contributed by atoms with Gasteiger partial charge in [-0.25, -0.2) is 9.78 Å². The molecule has 23 heavy (non-hydrogen) atoms. The molecule has 1 saturated heterocycles. The van der Waals surface area contributed by atoms with Gasteiger partial charge in [-0.1, -0.05) is 12.1 Å². The van der Waals surface area contributed by atoms with Gasteiger partial charge < -0.3 is 14.7 Å². The van der Waals surface area contributed by atoms with Crippen LogP contribution >= 0.6 is 11.3 Å². The Morgan fingerprint density at radius 1 is 1.35 bits per heavy atom. The maximum atomic E-state index is 12.6. The SMILES string of the molecule is Cc1csc(-c2ccc(C(=O)N3CCOCC3C(=O)O)cc2)n1. The number of benzene rings is 1. The van der Waals surface area contributed by atoms with Crippen LogP contribution in [0.2, 0.25) is 0 Å². The van der Waals surface area contributed by atoms with Crippen molar-refractivity contribution in [2.45, 2.75) is 13.0 Å². The molecule has 0 aliphatic carbocycles. The average molecular weight is 332 g/mol. The maximum Gasteiger partial charge on any atom is 0.328 e. The van der Waals surface area contributed by atoms with Crippen LogP contribution in [0.1, 0.15) is 16.1 Å². The molecule has 7 heteroatoms. The first-order chi connectivity index (χ1) is 11.1. The van der Waals surface area contributed by atoms with E-state index in [1.807, 2.05) is 24.4 Å².